The number of rotatable bonds is 12. The van der Waals surface area contributed by atoms with Gasteiger partial charge in [0.25, 0.3) is 11.8 Å². The van der Waals surface area contributed by atoms with Gasteiger partial charge >= 0.3 is 0 Å². The molecular formula is C41H56N12O3. The highest BCUT2D eigenvalue weighted by molar-refractivity contribution is 5.96. The van der Waals surface area contributed by atoms with E-state index in [1.54, 1.807) is 13.1 Å². The van der Waals surface area contributed by atoms with E-state index >= 15 is 0 Å². The van der Waals surface area contributed by atoms with Crippen molar-refractivity contribution in [2.24, 2.45) is 17.4 Å². The molecule has 56 heavy (non-hydrogen) atoms. The van der Waals surface area contributed by atoms with E-state index in [4.69, 9.17) is 21.5 Å². The van der Waals surface area contributed by atoms with Crippen molar-refractivity contribution in [1.29, 1.82) is 0 Å². The maximum Gasteiger partial charge on any atom is 0.272 e. The molecule has 8 rings (SSSR count). The molecule has 5 heterocycles. The Labute approximate surface area is 329 Å². The number of carbonyl (C=O) groups is 3. The molecule has 3 aromatic rings. The van der Waals surface area contributed by atoms with Crippen LogP contribution in [0.25, 0.3) is 11.1 Å². The molecule has 1 unspecified atom stereocenters. The first-order valence-electron chi connectivity index (χ1n) is 19.9. The SMILES string of the molecule is CCC1c2c(cnn2C2CN(Cc3cccc(C(=O)N4CCN(C)CC4)n3)C2)-c2cccc(NC(/C=C(\N)NC)=C(/N)C(=O)NC3CC3)c2N1C.O=CC1CC1. The summed E-state index contributed by atoms with van der Waals surface area (Å²) in [6.45, 7) is 7.79. The van der Waals surface area contributed by atoms with Crippen LogP contribution in [0.15, 0.2) is 65.9 Å². The van der Waals surface area contributed by atoms with Crippen molar-refractivity contribution in [2.45, 2.75) is 63.7 Å². The van der Waals surface area contributed by atoms with Crippen molar-refractivity contribution < 1.29 is 14.4 Å². The number of aldehydes is 1. The van der Waals surface area contributed by atoms with E-state index in [2.05, 4.69) is 62.4 Å². The number of likely N-dealkylation sites (tertiary alicyclic amines) is 1. The summed E-state index contributed by atoms with van der Waals surface area (Å²) >= 11 is 0. The number of nitrogens with zero attached hydrogens (tertiary/aromatic N) is 7. The first kappa shape index (κ1) is 38.8. The number of para-hydroxylation sites is 1. The van der Waals surface area contributed by atoms with Gasteiger partial charge in [-0.2, -0.15) is 5.10 Å². The molecule has 0 radical (unpaired) electrons. The Bertz CT molecular complexity index is 1990. The predicted molar refractivity (Wildman–Crippen MR) is 217 cm³/mol. The van der Waals surface area contributed by atoms with E-state index in [-0.39, 0.29) is 35.6 Å². The van der Waals surface area contributed by atoms with Crippen molar-refractivity contribution in [3.05, 3.63) is 83.0 Å². The Balaban J connectivity index is 0.000000891. The van der Waals surface area contributed by atoms with Crippen LogP contribution in [0.5, 0.6) is 0 Å². The van der Waals surface area contributed by atoms with Gasteiger partial charge in [-0.05, 0) is 57.4 Å². The second-order valence-corrected chi connectivity index (χ2v) is 15.6. The first-order valence-corrected chi connectivity index (χ1v) is 19.9. The topological polar surface area (TPSA) is 183 Å². The number of pyridine rings is 1. The molecule has 2 aliphatic carbocycles. The normalized spacial score (nSPS) is 20.4. The highest BCUT2D eigenvalue weighted by atomic mass is 16.2. The number of carbonyl (C=O) groups excluding carboxylic acids is 3. The third-order valence-electron chi connectivity index (χ3n) is 11.3. The highest BCUT2D eigenvalue weighted by Gasteiger charge is 2.38. The van der Waals surface area contributed by atoms with E-state index < -0.39 is 0 Å². The monoisotopic (exact) mass is 764 g/mol. The molecular weight excluding hydrogens is 709 g/mol. The molecule has 2 aromatic heterocycles. The second kappa shape index (κ2) is 16.8. The summed E-state index contributed by atoms with van der Waals surface area (Å²) in [6, 6.07) is 12.4. The number of allylic oxidation sites excluding steroid dienone is 1. The molecule has 0 bridgehead atoms. The van der Waals surface area contributed by atoms with Gasteiger partial charge in [0.15, 0.2) is 0 Å². The fourth-order valence-corrected chi connectivity index (χ4v) is 7.56. The van der Waals surface area contributed by atoms with E-state index in [0.717, 1.165) is 106 Å². The number of anilines is 2. The number of hydrogen-bond acceptors (Lipinski definition) is 12. The molecule has 5 aliphatic rings. The molecule has 1 aromatic carbocycles. The van der Waals surface area contributed by atoms with Crippen molar-refractivity contribution in [1.82, 2.24) is 40.1 Å². The summed E-state index contributed by atoms with van der Waals surface area (Å²) in [6.07, 6.45) is 9.75. The van der Waals surface area contributed by atoms with Crippen molar-refractivity contribution >= 4 is 29.5 Å². The summed E-state index contributed by atoms with van der Waals surface area (Å²) in [4.78, 5) is 49.3. The standard InChI is InChI=1S/C37H50N12O2.C4H6O/c1-5-31-35-27(26-9-7-10-28(34(26)46(31)4)44-30(18-32(38)40-2)33(39)36(50)43-23-12-13-23)19-41-49(35)25-21-47(22-25)20-24-8-6-11-29(42-24)37(51)48-16-14-45(3)15-17-48;5-3-4-1-2-4/h6-11,18-19,23,25,31,40,44H,5,12-17,20-22,38-39H2,1-4H3,(H,43,50);3-4H,1-2H2/b32-18+,33-30+;. The number of likely N-dealkylation sites (N-methyl/N-ethyl adjacent to an activating group) is 1. The lowest BCUT2D eigenvalue weighted by molar-refractivity contribution is -0.117. The van der Waals surface area contributed by atoms with Gasteiger partial charge < -0.3 is 46.9 Å². The zero-order valence-corrected chi connectivity index (χ0v) is 33.0. The lowest BCUT2D eigenvalue weighted by Gasteiger charge is -2.43. The number of hydrogen-bond donors (Lipinski definition) is 5. The summed E-state index contributed by atoms with van der Waals surface area (Å²) < 4.78 is 2.21. The van der Waals surface area contributed by atoms with Crippen LogP contribution in [0.2, 0.25) is 0 Å². The Kier molecular flexibility index (Phi) is 11.6. The number of benzene rings is 1. The van der Waals surface area contributed by atoms with Crippen LogP contribution >= 0.6 is 0 Å². The molecule has 7 N–H and O–H groups in total. The maximum absolute atomic E-state index is 13.1. The van der Waals surface area contributed by atoms with Gasteiger partial charge in [-0.15, -0.1) is 0 Å². The molecule has 2 amide bonds. The van der Waals surface area contributed by atoms with Gasteiger partial charge in [-0.1, -0.05) is 25.1 Å². The number of fused-ring (bicyclic) bond motifs is 3. The minimum absolute atomic E-state index is 0.0105. The first-order chi connectivity index (χ1) is 27.1. The van der Waals surface area contributed by atoms with Crippen LogP contribution in [-0.4, -0.2) is 114 Å². The Hall–Kier alpha value is -5.41. The third kappa shape index (κ3) is 8.53. The molecule has 15 nitrogen and oxygen atoms in total. The number of amides is 2. The van der Waals surface area contributed by atoms with Crippen LogP contribution in [0, 0.1) is 5.92 Å². The molecule has 3 aliphatic heterocycles. The summed E-state index contributed by atoms with van der Waals surface area (Å²) in [5, 5.41) is 14.3. The van der Waals surface area contributed by atoms with Gasteiger partial charge in [0.2, 0.25) is 0 Å². The van der Waals surface area contributed by atoms with Crippen LogP contribution < -0.4 is 32.3 Å². The smallest absolute Gasteiger partial charge is 0.272 e. The van der Waals surface area contributed by atoms with Gasteiger partial charge in [0, 0.05) is 89.1 Å². The van der Waals surface area contributed by atoms with Crippen LogP contribution in [-0.2, 0) is 16.1 Å². The largest absolute Gasteiger partial charge is 0.393 e. The fourth-order valence-electron chi connectivity index (χ4n) is 7.56. The lowest BCUT2D eigenvalue weighted by atomic mass is 9.91. The summed E-state index contributed by atoms with van der Waals surface area (Å²) in [7, 11) is 5.92. The van der Waals surface area contributed by atoms with Gasteiger partial charge in [0.1, 0.15) is 17.7 Å². The average molecular weight is 765 g/mol. The molecule has 2 saturated heterocycles. The fraction of sp³-hybridized carbons (Fsp3) is 0.488. The van der Waals surface area contributed by atoms with Crippen LogP contribution in [0.4, 0.5) is 11.4 Å². The van der Waals surface area contributed by atoms with Crippen molar-refractivity contribution in [3.8, 4) is 11.1 Å². The van der Waals surface area contributed by atoms with E-state index in [9.17, 15) is 14.4 Å². The third-order valence-corrected chi connectivity index (χ3v) is 11.3. The zero-order valence-electron chi connectivity index (χ0n) is 33.0. The number of nitrogens with one attached hydrogen (secondary N) is 3. The lowest BCUT2D eigenvalue weighted by Crippen LogP contribution is -2.48. The summed E-state index contributed by atoms with van der Waals surface area (Å²) in [5.74, 6) is 0.529. The number of aromatic nitrogens is 3. The van der Waals surface area contributed by atoms with Crippen molar-refractivity contribution in [3.63, 3.8) is 0 Å². The van der Waals surface area contributed by atoms with Crippen LogP contribution in [0.1, 0.15) is 73.0 Å². The minimum Gasteiger partial charge on any atom is -0.393 e. The highest BCUT2D eigenvalue weighted by Crippen LogP contribution is 2.49. The van der Waals surface area contributed by atoms with Gasteiger partial charge in [0.05, 0.1) is 52.6 Å². The molecule has 0 spiro atoms. The summed E-state index contributed by atoms with van der Waals surface area (Å²) in [5.41, 5.74) is 19.7. The maximum atomic E-state index is 13.1. The molecule has 15 heteroatoms. The zero-order chi connectivity index (χ0) is 39.5. The molecule has 4 fully saturated rings. The molecule has 1 atom stereocenters. The second-order valence-electron chi connectivity index (χ2n) is 15.6. The van der Waals surface area contributed by atoms with E-state index in [1.165, 1.54) is 5.69 Å². The minimum atomic E-state index is -0.314. The predicted octanol–water partition coefficient (Wildman–Crippen LogP) is 2.77. The Morgan fingerprint density at radius 1 is 0.964 bits per heavy atom. The average Bonchev–Trinajstić information content (AvgIpc) is 4.14. The number of nitrogens with two attached hydrogens (primary N) is 2. The van der Waals surface area contributed by atoms with Gasteiger partial charge in [-0.25, -0.2) is 4.98 Å². The van der Waals surface area contributed by atoms with Gasteiger partial charge in [-0.3, -0.25) is 19.2 Å². The van der Waals surface area contributed by atoms with E-state index in [0.29, 0.717) is 29.7 Å². The van der Waals surface area contributed by atoms with Crippen molar-refractivity contribution in [2.75, 3.05) is 70.6 Å². The molecule has 298 valence electrons. The molecule has 2 saturated carbocycles. The Morgan fingerprint density at radius 3 is 2.34 bits per heavy atom. The van der Waals surface area contributed by atoms with Crippen LogP contribution in [0.3, 0.4) is 0 Å². The van der Waals surface area contributed by atoms with E-state index in [1.807, 2.05) is 41.4 Å². The number of piperazine rings is 1. The Morgan fingerprint density at radius 2 is 1.70 bits per heavy atom. The quantitative estimate of drug-likeness (QED) is 0.104.